The Morgan fingerprint density at radius 3 is 1.60 bits per heavy atom. The van der Waals surface area contributed by atoms with Crippen molar-refractivity contribution in [1.82, 2.24) is 0 Å². The maximum atomic E-state index is 14.7. The van der Waals surface area contributed by atoms with Gasteiger partial charge in [0.05, 0.1) is 15.6 Å². The molecule has 1 atom stereocenters. The number of alkyl halides is 6. The van der Waals surface area contributed by atoms with E-state index in [9.17, 15) is 36.9 Å². The van der Waals surface area contributed by atoms with Crippen molar-refractivity contribution < 1.29 is 35.8 Å². The molecule has 0 N–H and O–H groups in total. The number of nitriles is 2. The van der Waals surface area contributed by atoms with Crippen LogP contribution < -0.4 is 9.47 Å². The van der Waals surface area contributed by atoms with Gasteiger partial charge in [-0.3, -0.25) is 0 Å². The van der Waals surface area contributed by atoms with Crippen molar-refractivity contribution in [2.75, 3.05) is 0 Å². The van der Waals surface area contributed by atoms with Crippen LogP contribution >= 0.6 is 23.2 Å². The normalized spacial score (nSPS) is 13.3. The van der Waals surface area contributed by atoms with Crippen molar-refractivity contribution in [2.24, 2.45) is 0 Å². The summed E-state index contributed by atoms with van der Waals surface area (Å²) >= 11 is 12.1. The minimum absolute atomic E-state index is 0.0232. The zero-order valence-electron chi connectivity index (χ0n) is 23.5. The van der Waals surface area contributed by atoms with E-state index in [1.807, 2.05) is 12.1 Å². The second-order valence-corrected chi connectivity index (χ2v) is 10.9. The van der Waals surface area contributed by atoms with Gasteiger partial charge in [-0.25, -0.2) is 0 Å². The Morgan fingerprint density at radius 1 is 0.667 bits per heavy atom. The summed E-state index contributed by atoms with van der Waals surface area (Å²) in [5, 5.41) is 19.2. The molecule has 0 aliphatic heterocycles. The molecular weight excluding hydrogens is 641 g/mol. The first kappa shape index (κ1) is 33.5. The van der Waals surface area contributed by atoms with E-state index >= 15 is 0 Å². The summed E-state index contributed by atoms with van der Waals surface area (Å²) in [6, 6.07) is 19.6. The molecule has 0 spiro atoms. The molecule has 0 amide bonds. The largest absolute Gasteiger partial charge is 0.483 e. The van der Waals surface area contributed by atoms with Crippen molar-refractivity contribution in [3.8, 4) is 29.4 Å². The first-order valence-corrected chi connectivity index (χ1v) is 14.0. The molecule has 45 heavy (non-hydrogen) atoms. The van der Waals surface area contributed by atoms with Gasteiger partial charge in [0.1, 0.15) is 40.6 Å². The van der Waals surface area contributed by atoms with Crippen LogP contribution in [-0.2, 0) is 11.0 Å². The van der Waals surface area contributed by atoms with E-state index in [2.05, 4.69) is 0 Å². The van der Waals surface area contributed by atoms with Gasteiger partial charge >= 0.3 is 12.4 Å². The highest BCUT2D eigenvalue weighted by Crippen LogP contribution is 2.56. The van der Waals surface area contributed by atoms with Gasteiger partial charge in [0, 0.05) is 5.56 Å². The second kappa shape index (κ2) is 12.5. The van der Waals surface area contributed by atoms with Crippen LogP contribution in [0, 0.1) is 22.7 Å². The zero-order valence-corrected chi connectivity index (χ0v) is 25.0. The van der Waals surface area contributed by atoms with Gasteiger partial charge in [-0.15, -0.1) is 0 Å². The predicted molar refractivity (Wildman–Crippen MR) is 156 cm³/mol. The number of rotatable bonds is 8. The summed E-state index contributed by atoms with van der Waals surface area (Å²) in [6.45, 7) is 3.38. The lowest BCUT2D eigenvalue weighted by Crippen LogP contribution is -2.54. The fraction of sp³-hybridized carbons (Fsp3) is 0.212. The van der Waals surface area contributed by atoms with Gasteiger partial charge in [0.15, 0.2) is 0 Å². The van der Waals surface area contributed by atoms with E-state index in [1.54, 1.807) is 26.0 Å². The Kier molecular flexibility index (Phi) is 9.35. The molecule has 0 aliphatic carbocycles. The molecule has 1 unspecified atom stereocenters. The zero-order chi connectivity index (χ0) is 33.2. The molecule has 232 valence electrons. The Morgan fingerprint density at radius 2 is 1.13 bits per heavy atom. The molecule has 0 aliphatic rings. The third-order valence-electron chi connectivity index (χ3n) is 7.45. The Labute approximate surface area is 264 Å². The molecule has 0 heterocycles. The lowest BCUT2D eigenvalue weighted by atomic mass is 9.73. The molecule has 0 aromatic heterocycles. The van der Waals surface area contributed by atoms with Crippen LogP contribution in [0.2, 0.25) is 10.0 Å². The lowest BCUT2D eigenvalue weighted by Gasteiger charge is -2.38. The number of hydrogen-bond donors (Lipinski definition) is 0. The van der Waals surface area contributed by atoms with Crippen molar-refractivity contribution in [2.45, 2.75) is 43.6 Å². The Hall–Kier alpha value is -4.38. The van der Waals surface area contributed by atoms with Gasteiger partial charge in [-0.05, 0) is 66.9 Å². The van der Waals surface area contributed by atoms with Crippen molar-refractivity contribution in [3.63, 3.8) is 0 Å². The standard InChI is InChI=1S/C33H22Cl2F6N2O2/c1-3-30(2,26-6-4-7-27(34)24(26)18-42)45-23-16-12-21(13-17-23)31(32(36,37)38,33(39,40)41)20-10-14-22(15-11-20)44-29-9-5-8-28(35)25(29)19-43/h4-17H,3H2,1-2H3. The minimum atomic E-state index is -5.82. The van der Waals surface area contributed by atoms with Gasteiger partial charge in [-0.2, -0.15) is 36.9 Å². The maximum Gasteiger partial charge on any atom is 0.411 e. The summed E-state index contributed by atoms with van der Waals surface area (Å²) in [5.74, 6) is -0.162. The molecule has 4 rings (SSSR count). The highest BCUT2D eigenvalue weighted by molar-refractivity contribution is 6.32. The van der Waals surface area contributed by atoms with E-state index in [4.69, 9.17) is 32.7 Å². The van der Waals surface area contributed by atoms with E-state index in [-0.39, 0.29) is 44.8 Å². The fourth-order valence-electron chi connectivity index (χ4n) is 5.01. The SMILES string of the molecule is CCC(C)(Oc1ccc(C(c2ccc(Oc3cccc(Cl)c3C#N)cc2)(C(F)(F)F)C(F)(F)F)cc1)c1cccc(Cl)c1C#N. The number of nitrogens with zero attached hydrogens (tertiary/aromatic N) is 2. The molecule has 4 nitrogen and oxygen atoms in total. The maximum absolute atomic E-state index is 14.7. The highest BCUT2D eigenvalue weighted by Gasteiger charge is 2.72. The van der Waals surface area contributed by atoms with Crippen LogP contribution in [0.3, 0.4) is 0 Å². The van der Waals surface area contributed by atoms with E-state index < -0.39 is 34.5 Å². The molecule has 0 saturated carbocycles. The predicted octanol–water partition coefficient (Wildman–Crippen LogP) is 10.6. The number of hydrogen-bond acceptors (Lipinski definition) is 4. The topological polar surface area (TPSA) is 66.0 Å². The quantitative estimate of drug-likeness (QED) is 0.176. The monoisotopic (exact) mass is 662 g/mol. The molecule has 0 fully saturated rings. The van der Waals surface area contributed by atoms with Crippen LogP contribution in [0.15, 0.2) is 84.9 Å². The Balaban J connectivity index is 1.76. The third kappa shape index (κ3) is 6.13. The number of benzene rings is 4. The molecule has 0 radical (unpaired) electrons. The van der Waals surface area contributed by atoms with E-state index in [1.165, 1.54) is 24.3 Å². The highest BCUT2D eigenvalue weighted by atomic mass is 35.5. The first-order chi connectivity index (χ1) is 21.1. The fourth-order valence-corrected chi connectivity index (χ4v) is 5.43. The van der Waals surface area contributed by atoms with Crippen LogP contribution in [0.25, 0.3) is 0 Å². The average Bonchev–Trinajstić information content (AvgIpc) is 2.97. The smallest absolute Gasteiger partial charge is 0.411 e. The molecule has 0 bridgehead atoms. The summed E-state index contributed by atoms with van der Waals surface area (Å²) in [4.78, 5) is 0. The molecule has 0 saturated heterocycles. The van der Waals surface area contributed by atoms with Crippen LogP contribution in [0.4, 0.5) is 26.3 Å². The second-order valence-electron chi connectivity index (χ2n) is 10.1. The molecule has 4 aromatic carbocycles. The summed E-state index contributed by atoms with van der Waals surface area (Å²) < 4.78 is 100.0. The van der Waals surface area contributed by atoms with Crippen molar-refractivity contribution >= 4 is 23.2 Å². The van der Waals surface area contributed by atoms with Gasteiger partial charge in [0.2, 0.25) is 5.41 Å². The van der Waals surface area contributed by atoms with E-state index in [0.29, 0.717) is 29.8 Å². The van der Waals surface area contributed by atoms with Crippen molar-refractivity contribution in [3.05, 3.63) is 123 Å². The molecular formula is C33H22Cl2F6N2O2. The van der Waals surface area contributed by atoms with E-state index in [0.717, 1.165) is 24.3 Å². The molecule has 4 aromatic rings. The van der Waals surface area contributed by atoms with Crippen LogP contribution in [-0.4, -0.2) is 12.4 Å². The first-order valence-electron chi connectivity index (χ1n) is 13.2. The molecule has 12 heteroatoms. The van der Waals surface area contributed by atoms with Crippen LogP contribution in [0.1, 0.15) is 48.1 Å². The third-order valence-corrected chi connectivity index (χ3v) is 8.08. The van der Waals surface area contributed by atoms with Gasteiger partial charge in [-0.1, -0.05) is 72.6 Å². The average molecular weight is 663 g/mol. The van der Waals surface area contributed by atoms with Gasteiger partial charge < -0.3 is 9.47 Å². The van der Waals surface area contributed by atoms with Crippen molar-refractivity contribution in [1.29, 1.82) is 10.5 Å². The summed E-state index contributed by atoms with van der Waals surface area (Å²) in [6.07, 6.45) is -11.4. The van der Waals surface area contributed by atoms with Crippen LogP contribution in [0.5, 0.6) is 17.2 Å². The summed E-state index contributed by atoms with van der Waals surface area (Å²) in [7, 11) is 0. The lowest BCUT2D eigenvalue weighted by molar-refractivity contribution is -0.288. The summed E-state index contributed by atoms with van der Waals surface area (Å²) in [5.41, 5.74) is -7.31. The number of halogens is 8. The Bertz CT molecular complexity index is 1760. The number of ether oxygens (including phenoxy) is 2. The minimum Gasteiger partial charge on any atom is -0.483 e. The van der Waals surface area contributed by atoms with Gasteiger partial charge in [0.25, 0.3) is 0 Å².